The zero-order chi connectivity index (χ0) is 21.0. The molecule has 3 rings (SSSR count). The van der Waals surface area contributed by atoms with Gasteiger partial charge < -0.3 is 15.0 Å². The van der Waals surface area contributed by atoms with Crippen molar-refractivity contribution in [3.63, 3.8) is 0 Å². The summed E-state index contributed by atoms with van der Waals surface area (Å²) in [7, 11) is 0. The highest BCUT2D eigenvalue weighted by Crippen LogP contribution is 2.29. The van der Waals surface area contributed by atoms with Gasteiger partial charge in [-0.2, -0.15) is 0 Å². The number of ether oxygens (including phenoxy) is 1. The molecule has 2 aromatic rings. The minimum absolute atomic E-state index is 0.0499. The summed E-state index contributed by atoms with van der Waals surface area (Å²) in [6, 6.07) is 12.5. The first-order valence-electron chi connectivity index (χ1n) is 9.84. The Morgan fingerprint density at radius 3 is 2.52 bits per heavy atom. The monoisotopic (exact) mass is 394 g/mol. The molecule has 0 aromatic heterocycles. The van der Waals surface area contributed by atoms with Gasteiger partial charge in [0.15, 0.2) is 0 Å². The number of carbonyl (C=O) groups excluding carboxylic acids is 3. The molecule has 1 aliphatic rings. The Morgan fingerprint density at radius 1 is 1.14 bits per heavy atom. The lowest BCUT2D eigenvalue weighted by Gasteiger charge is -2.19. The SMILES string of the molecule is CCCOC(=O)c1ccc(NC(=O)[C@@H]2CC(=O)N(c3ccc(C)cc3C)C2)cc1. The Balaban J connectivity index is 1.63. The van der Waals surface area contributed by atoms with Crippen LogP contribution in [0.25, 0.3) is 0 Å². The quantitative estimate of drug-likeness (QED) is 0.755. The normalized spacial score (nSPS) is 16.0. The average molecular weight is 394 g/mol. The van der Waals surface area contributed by atoms with E-state index in [-0.39, 0.29) is 24.2 Å². The van der Waals surface area contributed by atoms with Crippen LogP contribution in [0.15, 0.2) is 42.5 Å². The fraction of sp³-hybridized carbons (Fsp3) is 0.348. The molecule has 1 aliphatic heterocycles. The molecule has 2 aromatic carbocycles. The molecule has 0 saturated carbocycles. The zero-order valence-electron chi connectivity index (χ0n) is 17.0. The molecule has 0 bridgehead atoms. The standard InChI is InChI=1S/C23H26N2O4/c1-4-11-29-23(28)17-6-8-19(9-7-17)24-22(27)18-13-21(26)25(14-18)20-10-5-15(2)12-16(20)3/h5-10,12,18H,4,11,13-14H2,1-3H3,(H,24,27)/t18-/m1/s1. The van der Waals surface area contributed by atoms with Crippen molar-refractivity contribution in [2.24, 2.45) is 5.92 Å². The lowest BCUT2D eigenvalue weighted by molar-refractivity contribution is -0.122. The average Bonchev–Trinajstić information content (AvgIpc) is 3.08. The van der Waals surface area contributed by atoms with Crippen molar-refractivity contribution in [3.05, 3.63) is 59.2 Å². The summed E-state index contributed by atoms with van der Waals surface area (Å²) >= 11 is 0. The maximum Gasteiger partial charge on any atom is 0.338 e. The predicted octanol–water partition coefficient (Wildman–Crippen LogP) is 3.86. The smallest absolute Gasteiger partial charge is 0.338 e. The predicted molar refractivity (Wildman–Crippen MR) is 112 cm³/mol. The van der Waals surface area contributed by atoms with Crippen molar-refractivity contribution in [3.8, 4) is 0 Å². The van der Waals surface area contributed by atoms with Gasteiger partial charge in [-0.1, -0.05) is 24.6 Å². The molecule has 6 heteroatoms. The first kappa shape index (κ1) is 20.6. The van der Waals surface area contributed by atoms with E-state index in [1.54, 1.807) is 29.2 Å². The van der Waals surface area contributed by atoms with Gasteiger partial charge in [0.1, 0.15) is 0 Å². The second kappa shape index (κ2) is 8.90. The second-order valence-electron chi connectivity index (χ2n) is 7.40. The lowest BCUT2D eigenvalue weighted by atomic mass is 10.1. The van der Waals surface area contributed by atoms with Crippen LogP contribution in [-0.4, -0.2) is 30.9 Å². The number of nitrogens with one attached hydrogen (secondary N) is 1. The van der Waals surface area contributed by atoms with Crippen molar-refractivity contribution >= 4 is 29.2 Å². The van der Waals surface area contributed by atoms with Gasteiger partial charge >= 0.3 is 5.97 Å². The first-order valence-corrected chi connectivity index (χ1v) is 9.84. The Hall–Kier alpha value is -3.15. The number of nitrogens with zero attached hydrogens (tertiary/aromatic N) is 1. The molecule has 0 radical (unpaired) electrons. The highest BCUT2D eigenvalue weighted by Gasteiger charge is 2.35. The number of aryl methyl sites for hydroxylation is 2. The molecule has 0 aliphatic carbocycles. The molecule has 1 atom stereocenters. The molecule has 0 spiro atoms. The zero-order valence-corrected chi connectivity index (χ0v) is 17.0. The topological polar surface area (TPSA) is 75.7 Å². The van der Waals surface area contributed by atoms with E-state index in [0.29, 0.717) is 24.4 Å². The van der Waals surface area contributed by atoms with Gasteiger partial charge in [-0.15, -0.1) is 0 Å². The first-order chi connectivity index (χ1) is 13.9. The molecule has 1 N–H and O–H groups in total. The lowest BCUT2D eigenvalue weighted by Crippen LogP contribution is -2.28. The minimum atomic E-state index is -0.419. The Morgan fingerprint density at radius 2 is 1.86 bits per heavy atom. The van der Waals surface area contributed by atoms with E-state index in [2.05, 4.69) is 5.32 Å². The fourth-order valence-electron chi connectivity index (χ4n) is 3.44. The van der Waals surface area contributed by atoms with E-state index in [4.69, 9.17) is 4.74 Å². The molecule has 1 heterocycles. The van der Waals surface area contributed by atoms with Crippen LogP contribution < -0.4 is 10.2 Å². The Bertz CT molecular complexity index is 921. The van der Waals surface area contributed by atoms with Crippen LogP contribution in [0.2, 0.25) is 0 Å². The summed E-state index contributed by atoms with van der Waals surface area (Å²) in [6.45, 7) is 6.64. The van der Waals surface area contributed by atoms with Crippen molar-refractivity contribution in [1.82, 2.24) is 0 Å². The summed E-state index contributed by atoms with van der Waals surface area (Å²) < 4.78 is 5.09. The van der Waals surface area contributed by atoms with E-state index in [0.717, 1.165) is 23.2 Å². The highest BCUT2D eigenvalue weighted by molar-refractivity contribution is 6.04. The summed E-state index contributed by atoms with van der Waals surface area (Å²) in [6.07, 6.45) is 0.944. The fourth-order valence-corrected chi connectivity index (χ4v) is 3.44. The molecular formula is C23H26N2O4. The third kappa shape index (κ3) is 4.83. The molecule has 29 heavy (non-hydrogen) atoms. The molecule has 1 saturated heterocycles. The van der Waals surface area contributed by atoms with Crippen molar-refractivity contribution < 1.29 is 19.1 Å². The van der Waals surface area contributed by atoms with Gasteiger partial charge in [-0.3, -0.25) is 9.59 Å². The van der Waals surface area contributed by atoms with Crippen molar-refractivity contribution in [2.45, 2.75) is 33.6 Å². The van der Waals surface area contributed by atoms with E-state index in [9.17, 15) is 14.4 Å². The van der Waals surface area contributed by atoms with Crippen molar-refractivity contribution in [2.75, 3.05) is 23.4 Å². The number of amides is 2. The van der Waals surface area contributed by atoms with Crippen LogP contribution in [0.1, 0.15) is 41.3 Å². The molecule has 6 nitrogen and oxygen atoms in total. The van der Waals surface area contributed by atoms with Crippen molar-refractivity contribution in [1.29, 1.82) is 0 Å². The van der Waals surface area contributed by atoms with Gasteiger partial charge in [0, 0.05) is 24.3 Å². The number of carbonyl (C=O) groups is 3. The number of rotatable bonds is 6. The van der Waals surface area contributed by atoms with Crippen LogP contribution in [0, 0.1) is 19.8 Å². The minimum Gasteiger partial charge on any atom is -0.462 e. The number of esters is 1. The molecule has 1 fully saturated rings. The molecule has 0 unspecified atom stereocenters. The van der Waals surface area contributed by atoms with Crippen LogP contribution in [0.5, 0.6) is 0 Å². The van der Waals surface area contributed by atoms with Crippen LogP contribution >= 0.6 is 0 Å². The third-order valence-corrected chi connectivity index (χ3v) is 4.96. The van der Waals surface area contributed by atoms with E-state index < -0.39 is 5.92 Å². The molecule has 152 valence electrons. The van der Waals surface area contributed by atoms with Gasteiger partial charge in [0.2, 0.25) is 11.8 Å². The van der Waals surface area contributed by atoms with Gasteiger partial charge in [-0.05, 0) is 56.2 Å². The largest absolute Gasteiger partial charge is 0.462 e. The van der Waals surface area contributed by atoms with Gasteiger partial charge in [0.05, 0.1) is 18.1 Å². The number of benzene rings is 2. The highest BCUT2D eigenvalue weighted by atomic mass is 16.5. The van der Waals surface area contributed by atoms with Crippen LogP contribution in [0.4, 0.5) is 11.4 Å². The summed E-state index contributed by atoms with van der Waals surface area (Å²) in [5.74, 6) is -1.05. The number of anilines is 2. The maximum atomic E-state index is 12.7. The van der Waals surface area contributed by atoms with Crippen LogP contribution in [-0.2, 0) is 14.3 Å². The summed E-state index contributed by atoms with van der Waals surface area (Å²) in [4.78, 5) is 38.7. The van der Waals surface area contributed by atoms with E-state index in [1.165, 1.54) is 0 Å². The number of hydrogen-bond donors (Lipinski definition) is 1. The van der Waals surface area contributed by atoms with Crippen LogP contribution in [0.3, 0.4) is 0 Å². The Labute approximate surface area is 170 Å². The third-order valence-electron chi connectivity index (χ3n) is 4.96. The number of hydrogen-bond acceptors (Lipinski definition) is 4. The molecular weight excluding hydrogens is 368 g/mol. The molecule has 2 amide bonds. The maximum absolute atomic E-state index is 12.7. The van der Waals surface area contributed by atoms with E-state index >= 15 is 0 Å². The van der Waals surface area contributed by atoms with Gasteiger partial charge in [-0.25, -0.2) is 4.79 Å². The Kier molecular flexibility index (Phi) is 6.32. The summed E-state index contributed by atoms with van der Waals surface area (Å²) in [5, 5.41) is 2.84. The summed E-state index contributed by atoms with van der Waals surface area (Å²) in [5.41, 5.74) is 4.03. The second-order valence-corrected chi connectivity index (χ2v) is 7.40. The van der Waals surface area contributed by atoms with Gasteiger partial charge in [0.25, 0.3) is 0 Å². The van der Waals surface area contributed by atoms with E-state index in [1.807, 2.05) is 39.0 Å².